The molecule has 29 heavy (non-hydrogen) atoms. The van der Waals surface area contributed by atoms with Gasteiger partial charge in [0.25, 0.3) is 5.89 Å². The van der Waals surface area contributed by atoms with E-state index in [9.17, 15) is 4.79 Å². The fourth-order valence-corrected chi connectivity index (χ4v) is 5.44. The van der Waals surface area contributed by atoms with E-state index in [1.165, 1.54) is 28.8 Å². The molecule has 1 aliphatic heterocycles. The lowest BCUT2D eigenvalue weighted by Crippen LogP contribution is -2.24. The first-order valence-corrected chi connectivity index (χ1v) is 11.3. The standard InChI is InChI=1S/C23H25N3O2S/c1-14(2)15-7-9-18(10-8-15)26-13-17(12-21(26)27)22-24-23(28-25-22)20-11-16-5-3-4-6-19(16)29-20/h7-11,14,17H,3-6,12-13H2,1-2H3. The van der Waals surface area contributed by atoms with Crippen LogP contribution in [0.4, 0.5) is 5.69 Å². The second-order valence-electron chi connectivity index (χ2n) is 8.38. The molecule has 0 bridgehead atoms. The van der Waals surface area contributed by atoms with Gasteiger partial charge in [0.2, 0.25) is 5.91 Å². The first-order valence-electron chi connectivity index (χ1n) is 10.4. The topological polar surface area (TPSA) is 59.2 Å². The maximum Gasteiger partial charge on any atom is 0.268 e. The Morgan fingerprint density at radius 1 is 1.17 bits per heavy atom. The Hall–Kier alpha value is -2.47. The van der Waals surface area contributed by atoms with Gasteiger partial charge in [0, 0.05) is 29.4 Å². The van der Waals surface area contributed by atoms with E-state index in [0.717, 1.165) is 23.4 Å². The number of carbonyl (C=O) groups excluding carboxylic acids is 1. The third-order valence-electron chi connectivity index (χ3n) is 6.01. The molecule has 150 valence electrons. The second-order valence-corrected chi connectivity index (χ2v) is 9.51. The normalized spacial score (nSPS) is 19.2. The number of nitrogens with zero attached hydrogens (tertiary/aromatic N) is 3. The van der Waals surface area contributed by atoms with Gasteiger partial charge in [-0.05, 0) is 60.9 Å². The van der Waals surface area contributed by atoms with Crippen LogP contribution < -0.4 is 4.90 Å². The van der Waals surface area contributed by atoms with Crippen molar-refractivity contribution in [2.75, 3.05) is 11.4 Å². The third kappa shape index (κ3) is 3.50. The lowest BCUT2D eigenvalue weighted by Gasteiger charge is -2.17. The van der Waals surface area contributed by atoms with Crippen molar-refractivity contribution in [2.24, 2.45) is 0 Å². The molecule has 3 heterocycles. The van der Waals surface area contributed by atoms with Gasteiger partial charge in [-0.2, -0.15) is 4.98 Å². The number of hydrogen-bond acceptors (Lipinski definition) is 5. The van der Waals surface area contributed by atoms with Crippen LogP contribution >= 0.6 is 11.3 Å². The molecular formula is C23H25N3O2S. The summed E-state index contributed by atoms with van der Waals surface area (Å²) in [6, 6.07) is 10.5. The number of hydrogen-bond donors (Lipinski definition) is 0. The summed E-state index contributed by atoms with van der Waals surface area (Å²) in [7, 11) is 0. The summed E-state index contributed by atoms with van der Waals surface area (Å²) in [6.45, 7) is 4.94. The largest absolute Gasteiger partial charge is 0.333 e. The summed E-state index contributed by atoms with van der Waals surface area (Å²) in [6.07, 6.45) is 5.25. The van der Waals surface area contributed by atoms with Crippen molar-refractivity contribution in [1.82, 2.24) is 10.1 Å². The van der Waals surface area contributed by atoms with Gasteiger partial charge in [-0.1, -0.05) is 31.1 Å². The average molecular weight is 408 g/mol. The molecule has 1 aliphatic carbocycles. The minimum Gasteiger partial charge on any atom is -0.333 e. The Morgan fingerprint density at radius 2 is 1.97 bits per heavy atom. The van der Waals surface area contributed by atoms with Crippen LogP contribution in [0.15, 0.2) is 34.9 Å². The fourth-order valence-electron chi connectivity index (χ4n) is 4.27. The quantitative estimate of drug-likeness (QED) is 0.587. The minimum absolute atomic E-state index is 0.0284. The average Bonchev–Trinajstić information content (AvgIpc) is 3.45. The zero-order valence-corrected chi connectivity index (χ0v) is 17.7. The lowest BCUT2D eigenvalue weighted by molar-refractivity contribution is -0.117. The SMILES string of the molecule is CC(C)c1ccc(N2CC(c3noc(-c4cc5c(s4)CCCC5)n3)CC2=O)cc1. The molecule has 1 atom stereocenters. The van der Waals surface area contributed by atoms with Crippen LogP contribution in [0.25, 0.3) is 10.8 Å². The predicted molar refractivity (Wildman–Crippen MR) is 114 cm³/mol. The number of thiophene rings is 1. The van der Waals surface area contributed by atoms with Crippen LogP contribution in [0, 0.1) is 0 Å². The Morgan fingerprint density at radius 3 is 2.72 bits per heavy atom. The van der Waals surface area contributed by atoms with Crippen LogP contribution in [0.1, 0.15) is 66.8 Å². The Kier molecular flexibility index (Phi) is 4.74. The molecular weight excluding hydrogens is 382 g/mol. The smallest absolute Gasteiger partial charge is 0.268 e. The van der Waals surface area contributed by atoms with E-state index in [-0.39, 0.29) is 11.8 Å². The number of aryl methyl sites for hydroxylation is 2. The summed E-state index contributed by atoms with van der Waals surface area (Å²) in [5, 5.41) is 4.22. The van der Waals surface area contributed by atoms with Crippen molar-refractivity contribution in [1.29, 1.82) is 0 Å². The molecule has 0 radical (unpaired) electrons. The third-order valence-corrected chi connectivity index (χ3v) is 7.24. The lowest BCUT2D eigenvalue weighted by atomic mass is 9.99. The highest BCUT2D eigenvalue weighted by Crippen LogP contribution is 2.37. The second kappa shape index (κ2) is 7.41. The number of anilines is 1. The van der Waals surface area contributed by atoms with Crippen LogP contribution in [0.5, 0.6) is 0 Å². The van der Waals surface area contributed by atoms with E-state index in [1.54, 1.807) is 11.3 Å². The number of aromatic nitrogens is 2. The van der Waals surface area contributed by atoms with Crippen molar-refractivity contribution in [3.05, 3.63) is 52.2 Å². The van der Waals surface area contributed by atoms with Gasteiger partial charge >= 0.3 is 0 Å². The molecule has 2 aromatic heterocycles. The number of benzene rings is 1. The van der Waals surface area contributed by atoms with E-state index in [0.29, 0.717) is 30.6 Å². The summed E-state index contributed by atoms with van der Waals surface area (Å²) in [4.78, 5) is 21.6. The highest BCUT2D eigenvalue weighted by Gasteiger charge is 2.35. The summed E-state index contributed by atoms with van der Waals surface area (Å²) < 4.78 is 5.58. The molecule has 2 aliphatic rings. The highest BCUT2D eigenvalue weighted by molar-refractivity contribution is 7.15. The minimum atomic E-state index is -0.0284. The molecule has 1 unspecified atom stereocenters. The Labute approximate surface area is 174 Å². The molecule has 0 saturated carbocycles. The van der Waals surface area contributed by atoms with E-state index < -0.39 is 0 Å². The summed E-state index contributed by atoms with van der Waals surface area (Å²) in [5.74, 6) is 1.80. The monoisotopic (exact) mass is 407 g/mol. The molecule has 3 aromatic rings. The van der Waals surface area contributed by atoms with E-state index in [4.69, 9.17) is 4.52 Å². The maximum atomic E-state index is 12.6. The van der Waals surface area contributed by atoms with Gasteiger partial charge in [-0.15, -0.1) is 11.3 Å². The van der Waals surface area contributed by atoms with Crippen molar-refractivity contribution >= 4 is 22.9 Å². The van der Waals surface area contributed by atoms with Crippen molar-refractivity contribution < 1.29 is 9.32 Å². The van der Waals surface area contributed by atoms with E-state index in [2.05, 4.69) is 42.2 Å². The number of fused-ring (bicyclic) bond motifs is 1. The molecule has 5 nitrogen and oxygen atoms in total. The number of amides is 1. The van der Waals surface area contributed by atoms with Crippen LogP contribution in [0.3, 0.4) is 0 Å². The van der Waals surface area contributed by atoms with Gasteiger partial charge < -0.3 is 9.42 Å². The number of rotatable bonds is 4. The molecule has 0 N–H and O–H groups in total. The van der Waals surface area contributed by atoms with Gasteiger partial charge in [0.1, 0.15) is 0 Å². The Balaban J connectivity index is 1.33. The molecule has 1 amide bonds. The molecule has 6 heteroatoms. The molecule has 1 saturated heterocycles. The zero-order chi connectivity index (χ0) is 20.0. The molecule has 1 fully saturated rings. The van der Waals surface area contributed by atoms with Crippen LogP contribution in [0.2, 0.25) is 0 Å². The Bertz CT molecular complexity index is 1010. The first-order chi connectivity index (χ1) is 14.1. The summed E-state index contributed by atoms with van der Waals surface area (Å²) >= 11 is 1.77. The predicted octanol–water partition coefficient (Wildman–Crippen LogP) is 5.32. The summed E-state index contributed by atoms with van der Waals surface area (Å²) in [5.41, 5.74) is 3.65. The van der Waals surface area contributed by atoms with Gasteiger partial charge in [-0.3, -0.25) is 4.79 Å². The van der Waals surface area contributed by atoms with Crippen molar-refractivity contribution in [2.45, 2.75) is 57.8 Å². The van der Waals surface area contributed by atoms with Crippen molar-refractivity contribution in [3.8, 4) is 10.8 Å². The number of carbonyl (C=O) groups is 1. The first kappa shape index (κ1) is 18.6. The van der Waals surface area contributed by atoms with Crippen LogP contribution in [-0.2, 0) is 17.6 Å². The van der Waals surface area contributed by atoms with E-state index in [1.807, 2.05) is 17.0 Å². The molecule has 5 rings (SSSR count). The van der Waals surface area contributed by atoms with Gasteiger partial charge in [0.05, 0.1) is 4.88 Å². The molecule has 0 spiro atoms. The van der Waals surface area contributed by atoms with Crippen molar-refractivity contribution in [3.63, 3.8) is 0 Å². The molecule has 1 aromatic carbocycles. The van der Waals surface area contributed by atoms with Gasteiger partial charge in [0.15, 0.2) is 5.82 Å². The zero-order valence-electron chi connectivity index (χ0n) is 16.9. The van der Waals surface area contributed by atoms with E-state index >= 15 is 0 Å². The van der Waals surface area contributed by atoms with Crippen LogP contribution in [-0.4, -0.2) is 22.6 Å². The highest BCUT2D eigenvalue weighted by atomic mass is 32.1. The van der Waals surface area contributed by atoms with Gasteiger partial charge in [-0.25, -0.2) is 0 Å². The fraction of sp³-hybridized carbons (Fsp3) is 0.435. The maximum absolute atomic E-state index is 12.6.